The molecule has 4 rings (SSSR count). The van der Waals surface area contributed by atoms with Crippen LogP contribution in [0.25, 0.3) is 5.52 Å². The van der Waals surface area contributed by atoms with Gasteiger partial charge in [0.05, 0.1) is 18.5 Å². The number of carbonyl (C=O) groups is 1. The second kappa shape index (κ2) is 8.10. The van der Waals surface area contributed by atoms with Gasteiger partial charge in [0.2, 0.25) is 0 Å². The van der Waals surface area contributed by atoms with Crippen LogP contribution in [0.5, 0.6) is 5.75 Å². The van der Waals surface area contributed by atoms with E-state index in [9.17, 15) is 4.79 Å². The summed E-state index contributed by atoms with van der Waals surface area (Å²) in [4.78, 5) is 19.7. The van der Waals surface area contributed by atoms with Crippen molar-refractivity contribution in [1.82, 2.24) is 14.6 Å². The van der Waals surface area contributed by atoms with E-state index in [4.69, 9.17) is 9.72 Å². The van der Waals surface area contributed by atoms with E-state index in [1.54, 1.807) is 4.52 Å². The van der Waals surface area contributed by atoms with Crippen LogP contribution in [0.4, 0.5) is 11.5 Å². The first-order valence-corrected chi connectivity index (χ1v) is 10.5. The molecule has 8 heteroatoms. The number of hydrogen-bond donors (Lipinski definition) is 1. The maximum absolute atomic E-state index is 12.7. The van der Waals surface area contributed by atoms with Crippen molar-refractivity contribution in [1.29, 1.82) is 0 Å². The predicted molar refractivity (Wildman–Crippen MR) is 113 cm³/mol. The Morgan fingerprint density at radius 1 is 1.25 bits per heavy atom. The first-order chi connectivity index (χ1) is 13.6. The minimum absolute atomic E-state index is 0.245. The van der Waals surface area contributed by atoms with E-state index in [1.807, 2.05) is 62.1 Å². The molecular weight excluding hydrogens is 374 g/mol. The summed E-state index contributed by atoms with van der Waals surface area (Å²) in [7, 11) is 0. The predicted octanol–water partition coefficient (Wildman–Crippen LogP) is 3.24. The van der Waals surface area contributed by atoms with Crippen LogP contribution in [-0.2, 0) is 0 Å². The monoisotopic (exact) mass is 397 g/mol. The summed E-state index contributed by atoms with van der Waals surface area (Å²) in [6.45, 7) is 6.40. The summed E-state index contributed by atoms with van der Waals surface area (Å²) in [5.74, 6) is 3.60. The van der Waals surface area contributed by atoms with Gasteiger partial charge >= 0.3 is 0 Å². The zero-order chi connectivity index (χ0) is 19.5. The fourth-order valence-corrected chi connectivity index (χ4v) is 4.11. The Morgan fingerprint density at radius 2 is 2.00 bits per heavy atom. The molecule has 1 fully saturated rings. The number of benzene rings is 1. The largest absolute Gasteiger partial charge is 0.494 e. The van der Waals surface area contributed by atoms with E-state index in [0.29, 0.717) is 18.0 Å². The average Bonchev–Trinajstić information content (AvgIpc) is 3.14. The summed E-state index contributed by atoms with van der Waals surface area (Å²) >= 11 is 1.95. The van der Waals surface area contributed by atoms with Crippen molar-refractivity contribution < 1.29 is 9.53 Å². The first-order valence-electron chi connectivity index (χ1n) is 9.38. The number of amides is 1. The van der Waals surface area contributed by atoms with Crippen molar-refractivity contribution in [3.63, 3.8) is 0 Å². The third kappa shape index (κ3) is 3.91. The molecule has 3 aromatic rings. The molecule has 7 nitrogen and oxygen atoms in total. The van der Waals surface area contributed by atoms with E-state index in [0.717, 1.165) is 47.4 Å². The summed E-state index contributed by atoms with van der Waals surface area (Å²) in [5.41, 5.74) is 2.80. The molecule has 0 bridgehead atoms. The lowest BCUT2D eigenvalue weighted by molar-refractivity contribution is 0.102. The van der Waals surface area contributed by atoms with Crippen LogP contribution >= 0.6 is 11.8 Å². The highest BCUT2D eigenvalue weighted by Crippen LogP contribution is 2.24. The number of aromatic nitrogens is 3. The van der Waals surface area contributed by atoms with Crippen molar-refractivity contribution >= 4 is 34.7 Å². The second-order valence-corrected chi connectivity index (χ2v) is 7.80. The van der Waals surface area contributed by atoms with Crippen LogP contribution in [0.15, 0.2) is 36.5 Å². The van der Waals surface area contributed by atoms with Gasteiger partial charge in [-0.2, -0.15) is 16.9 Å². The minimum Gasteiger partial charge on any atom is -0.494 e. The van der Waals surface area contributed by atoms with Crippen molar-refractivity contribution in [3.8, 4) is 5.75 Å². The van der Waals surface area contributed by atoms with Gasteiger partial charge in [0.15, 0.2) is 11.5 Å². The summed E-state index contributed by atoms with van der Waals surface area (Å²) < 4.78 is 7.19. The molecule has 0 radical (unpaired) electrons. The number of aryl methyl sites for hydroxylation is 1. The molecule has 0 unspecified atom stereocenters. The van der Waals surface area contributed by atoms with Crippen molar-refractivity contribution in [3.05, 3.63) is 47.9 Å². The molecule has 1 aliphatic heterocycles. The second-order valence-electron chi connectivity index (χ2n) is 6.58. The number of nitrogens with zero attached hydrogens (tertiary/aromatic N) is 4. The summed E-state index contributed by atoms with van der Waals surface area (Å²) in [6.07, 6.45) is 1.85. The van der Waals surface area contributed by atoms with Crippen LogP contribution in [0.1, 0.15) is 23.1 Å². The summed E-state index contributed by atoms with van der Waals surface area (Å²) in [5, 5.41) is 7.37. The number of carbonyl (C=O) groups excluding carboxylic acids is 1. The molecule has 1 amide bonds. The number of thioether (sulfide) groups is 1. The Hall–Kier alpha value is -2.74. The molecule has 146 valence electrons. The quantitative estimate of drug-likeness (QED) is 0.713. The Balaban J connectivity index is 1.59. The molecular formula is C20H23N5O2S. The maximum Gasteiger partial charge on any atom is 0.276 e. The molecule has 2 aromatic heterocycles. The lowest BCUT2D eigenvalue weighted by atomic mass is 10.3. The summed E-state index contributed by atoms with van der Waals surface area (Å²) in [6, 6.07) is 9.13. The minimum atomic E-state index is -0.245. The smallest absolute Gasteiger partial charge is 0.276 e. The van der Waals surface area contributed by atoms with Crippen molar-refractivity contribution in [2.75, 3.05) is 41.4 Å². The molecule has 1 N–H and O–H groups in total. The number of fused-ring (bicyclic) bond motifs is 1. The number of nitrogens with one attached hydrogen (secondary N) is 1. The average molecular weight is 398 g/mol. The highest BCUT2D eigenvalue weighted by Gasteiger charge is 2.19. The van der Waals surface area contributed by atoms with E-state index in [-0.39, 0.29) is 5.91 Å². The molecule has 0 saturated carbocycles. The molecule has 28 heavy (non-hydrogen) atoms. The van der Waals surface area contributed by atoms with Gasteiger partial charge in [-0.1, -0.05) is 0 Å². The van der Waals surface area contributed by atoms with Gasteiger partial charge in [-0.3, -0.25) is 4.79 Å². The first kappa shape index (κ1) is 18.6. The van der Waals surface area contributed by atoms with E-state index in [1.165, 1.54) is 0 Å². The number of rotatable bonds is 5. The van der Waals surface area contributed by atoms with Crippen LogP contribution in [0.3, 0.4) is 0 Å². The normalized spacial score (nSPS) is 14.3. The fourth-order valence-electron chi connectivity index (χ4n) is 3.21. The van der Waals surface area contributed by atoms with E-state index in [2.05, 4.69) is 15.3 Å². The van der Waals surface area contributed by atoms with Gasteiger partial charge in [0.1, 0.15) is 11.3 Å². The van der Waals surface area contributed by atoms with Crippen LogP contribution < -0.4 is 15.0 Å². The molecule has 0 spiro atoms. The Kier molecular flexibility index (Phi) is 5.38. The highest BCUT2D eigenvalue weighted by atomic mass is 32.2. The van der Waals surface area contributed by atoms with E-state index < -0.39 is 0 Å². The third-order valence-corrected chi connectivity index (χ3v) is 5.47. The molecule has 1 aromatic carbocycles. The van der Waals surface area contributed by atoms with Crippen molar-refractivity contribution in [2.45, 2.75) is 13.8 Å². The van der Waals surface area contributed by atoms with Gasteiger partial charge in [-0.05, 0) is 38.1 Å². The molecule has 0 atom stereocenters. The van der Waals surface area contributed by atoms with E-state index >= 15 is 0 Å². The van der Waals surface area contributed by atoms with Gasteiger partial charge in [0, 0.05) is 36.3 Å². The van der Waals surface area contributed by atoms with Gasteiger partial charge < -0.3 is 15.0 Å². The SMILES string of the molecule is CCOc1ccc(NC(=O)c2cc3c(N4CCSCC4)nc(C)cn3n2)cc1. The molecule has 1 saturated heterocycles. The standard InChI is InChI=1S/C20H23N5O2S/c1-3-27-16-6-4-15(5-7-16)22-20(26)17-12-18-19(24-8-10-28-11-9-24)21-14(2)13-25(18)23-17/h4-7,12-13H,3,8-11H2,1-2H3,(H,22,26). The highest BCUT2D eigenvalue weighted by molar-refractivity contribution is 7.99. The zero-order valence-corrected chi connectivity index (χ0v) is 16.8. The lowest BCUT2D eigenvalue weighted by Crippen LogP contribution is -2.33. The van der Waals surface area contributed by atoms with Crippen LogP contribution in [0.2, 0.25) is 0 Å². The van der Waals surface area contributed by atoms with Gasteiger partial charge in [-0.15, -0.1) is 0 Å². The Bertz CT molecular complexity index is 980. The number of anilines is 2. The molecule has 3 heterocycles. The van der Waals surface area contributed by atoms with Crippen molar-refractivity contribution in [2.24, 2.45) is 0 Å². The topological polar surface area (TPSA) is 71.8 Å². The lowest BCUT2D eigenvalue weighted by Gasteiger charge is -2.28. The van der Waals surface area contributed by atoms with Gasteiger partial charge in [0.25, 0.3) is 5.91 Å². The number of hydrogen-bond acceptors (Lipinski definition) is 6. The van der Waals surface area contributed by atoms with Crippen LogP contribution in [0, 0.1) is 6.92 Å². The molecule has 0 aliphatic carbocycles. The Morgan fingerprint density at radius 3 is 2.71 bits per heavy atom. The number of ether oxygens (including phenoxy) is 1. The Labute approximate surface area is 168 Å². The zero-order valence-electron chi connectivity index (χ0n) is 16.0. The maximum atomic E-state index is 12.7. The third-order valence-electron chi connectivity index (χ3n) is 4.52. The fraction of sp³-hybridized carbons (Fsp3) is 0.350. The molecule has 1 aliphatic rings. The van der Waals surface area contributed by atoms with Gasteiger partial charge in [-0.25, -0.2) is 9.50 Å². The van der Waals surface area contributed by atoms with Crippen LogP contribution in [-0.4, -0.2) is 51.7 Å².